The molecule has 2 aromatic rings. The van der Waals surface area contributed by atoms with E-state index in [0.717, 1.165) is 34.1 Å². The van der Waals surface area contributed by atoms with Gasteiger partial charge in [-0.15, -0.1) is 0 Å². The second-order valence-corrected chi connectivity index (χ2v) is 10.0. The van der Waals surface area contributed by atoms with Crippen LogP contribution in [0.3, 0.4) is 0 Å². The van der Waals surface area contributed by atoms with E-state index in [-0.39, 0.29) is 18.1 Å². The lowest BCUT2D eigenvalue weighted by atomic mass is 9.79. The maximum absolute atomic E-state index is 12.1. The largest absolute Gasteiger partial charge is 0.483 e. The minimum atomic E-state index is -0.282. The number of nitrogens with zero attached hydrogens (tertiary/aromatic N) is 2. The Balaban J connectivity index is 1.70. The van der Waals surface area contributed by atoms with Gasteiger partial charge in [-0.25, -0.2) is 5.43 Å². The van der Waals surface area contributed by atoms with E-state index < -0.39 is 0 Å². The number of hydrogen-bond donors (Lipinski definition) is 1. The van der Waals surface area contributed by atoms with Gasteiger partial charge in [-0.1, -0.05) is 26.0 Å². The fraction of sp³-hybridized carbons (Fsp3) is 0.440. The third-order valence-corrected chi connectivity index (χ3v) is 6.70. The number of nitrogens with one attached hydrogen (secondary N) is 1. The van der Waals surface area contributed by atoms with Crippen molar-refractivity contribution in [1.29, 1.82) is 0 Å². The van der Waals surface area contributed by atoms with Gasteiger partial charge in [0.2, 0.25) is 0 Å². The van der Waals surface area contributed by atoms with Crippen LogP contribution in [0.4, 0.5) is 5.69 Å². The normalized spacial score (nSPS) is 17.5. The zero-order valence-electron chi connectivity index (χ0n) is 19.0. The first-order valence-electron chi connectivity index (χ1n) is 10.8. The van der Waals surface area contributed by atoms with Gasteiger partial charge in [-0.3, -0.25) is 4.79 Å². The van der Waals surface area contributed by atoms with E-state index in [2.05, 4.69) is 84.8 Å². The Morgan fingerprint density at radius 2 is 2.10 bits per heavy atom. The van der Waals surface area contributed by atoms with Crippen molar-refractivity contribution in [2.45, 2.75) is 58.9 Å². The second kappa shape index (κ2) is 10.0. The summed E-state index contributed by atoms with van der Waals surface area (Å²) in [6, 6.07) is 12.1. The Hall–Kier alpha value is -2.09. The Bertz CT molecular complexity index is 971. The number of rotatable bonds is 7. The first kappa shape index (κ1) is 23.6. The highest BCUT2D eigenvalue weighted by atomic mass is 127. The van der Waals surface area contributed by atoms with Crippen LogP contribution in [0.2, 0.25) is 0 Å². The summed E-state index contributed by atoms with van der Waals surface area (Å²) in [5.74, 6) is 0.888. The van der Waals surface area contributed by atoms with E-state index in [9.17, 15) is 4.79 Å². The van der Waals surface area contributed by atoms with Crippen molar-refractivity contribution in [2.24, 2.45) is 5.10 Å². The number of benzene rings is 2. The molecule has 0 fully saturated rings. The van der Waals surface area contributed by atoms with Crippen LogP contribution in [0.5, 0.6) is 5.75 Å². The lowest BCUT2D eigenvalue weighted by Crippen LogP contribution is -2.48. The number of anilines is 1. The van der Waals surface area contributed by atoms with Gasteiger partial charge >= 0.3 is 0 Å². The number of fused-ring (bicyclic) bond motifs is 1. The number of halogens is 1. The van der Waals surface area contributed by atoms with Crippen LogP contribution < -0.4 is 15.1 Å². The van der Waals surface area contributed by atoms with Crippen LogP contribution in [0.25, 0.3) is 0 Å². The molecule has 166 valence electrons. The lowest BCUT2D eigenvalue weighted by molar-refractivity contribution is -0.123. The summed E-state index contributed by atoms with van der Waals surface area (Å²) in [6.45, 7) is 12.3. The van der Waals surface area contributed by atoms with E-state index in [0.29, 0.717) is 11.7 Å². The number of ether oxygens (including phenoxy) is 1. The van der Waals surface area contributed by atoms with Crippen LogP contribution in [0.1, 0.15) is 63.1 Å². The van der Waals surface area contributed by atoms with Crippen molar-refractivity contribution in [1.82, 2.24) is 5.43 Å². The van der Waals surface area contributed by atoms with Crippen molar-refractivity contribution in [3.8, 4) is 5.75 Å². The molecule has 1 aliphatic heterocycles. The lowest BCUT2D eigenvalue weighted by Gasteiger charge is -2.48. The molecule has 1 unspecified atom stereocenters. The smallest absolute Gasteiger partial charge is 0.277 e. The van der Waals surface area contributed by atoms with E-state index >= 15 is 0 Å². The van der Waals surface area contributed by atoms with Gasteiger partial charge in [0.15, 0.2) is 6.61 Å². The van der Waals surface area contributed by atoms with Gasteiger partial charge in [-0.2, -0.15) is 5.10 Å². The summed E-state index contributed by atoms with van der Waals surface area (Å²) in [5, 5.41) is 4.17. The van der Waals surface area contributed by atoms with Gasteiger partial charge in [-0.05, 0) is 103 Å². The summed E-state index contributed by atoms with van der Waals surface area (Å²) in [6.07, 6.45) is 3.97. The zero-order chi connectivity index (χ0) is 22.6. The highest BCUT2D eigenvalue weighted by molar-refractivity contribution is 14.1. The minimum absolute atomic E-state index is 0.0708. The molecule has 1 aliphatic rings. The first-order valence-corrected chi connectivity index (χ1v) is 11.9. The van der Waals surface area contributed by atoms with Gasteiger partial charge in [0.25, 0.3) is 5.91 Å². The molecular formula is C25H32IN3O2. The topological polar surface area (TPSA) is 53.9 Å². The fourth-order valence-corrected chi connectivity index (χ4v) is 4.89. The van der Waals surface area contributed by atoms with E-state index in [1.807, 2.05) is 24.3 Å². The SMILES string of the molecule is CCCN1c2cc(C)c(/C=N/NC(=O)COc3ccccc3I)cc2C(C)CC1(C)C. The summed E-state index contributed by atoms with van der Waals surface area (Å²) in [4.78, 5) is 14.7. The number of carbonyl (C=O) groups is 1. The number of aryl methyl sites for hydroxylation is 1. The average Bonchev–Trinajstić information content (AvgIpc) is 2.71. The Labute approximate surface area is 199 Å². The van der Waals surface area contributed by atoms with Gasteiger partial charge in [0.05, 0.1) is 9.78 Å². The van der Waals surface area contributed by atoms with Crippen molar-refractivity contribution in [2.75, 3.05) is 18.1 Å². The Morgan fingerprint density at radius 3 is 2.81 bits per heavy atom. The molecule has 1 N–H and O–H groups in total. The minimum Gasteiger partial charge on any atom is -0.483 e. The van der Waals surface area contributed by atoms with Crippen LogP contribution >= 0.6 is 22.6 Å². The van der Waals surface area contributed by atoms with Crippen molar-refractivity contribution in [3.63, 3.8) is 0 Å². The van der Waals surface area contributed by atoms with Crippen molar-refractivity contribution >= 4 is 40.4 Å². The molecule has 6 heteroatoms. The molecule has 3 rings (SSSR count). The third-order valence-electron chi connectivity index (χ3n) is 5.81. The van der Waals surface area contributed by atoms with Crippen LogP contribution in [0.15, 0.2) is 41.5 Å². The Morgan fingerprint density at radius 1 is 1.35 bits per heavy atom. The highest BCUT2D eigenvalue weighted by Crippen LogP contribution is 2.44. The molecule has 2 aromatic carbocycles. The van der Waals surface area contributed by atoms with Crippen LogP contribution in [-0.4, -0.2) is 30.8 Å². The summed E-state index contributed by atoms with van der Waals surface area (Å²) >= 11 is 2.18. The second-order valence-electron chi connectivity index (χ2n) is 8.85. The maximum atomic E-state index is 12.1. The summed E-state index contributed by atoms with van der Waals surface area (Å²) in [5.41, 5.74) is 7.58. The predicted molar refractivity (Wildman–Crippen MR) is 136 cm³/mol. The molecule has 1 atom stereocenters. The van der Waals surface area contributed by atoms with Crippen LogP contribution in [-0.2, 0) is 4.79 Å². The molecule has 0 aromatic heterocycles. The van der Waals surface area contributed by atoms with Crippen molar-refractivity contribution in [3.05, 3.63) is 56.7 Å². The van der Waals surface area contributed by atoms with Gasteiger partial charge < -0.3 is 9.64 Å². The standard InChI is InChI=1S/C25H32IN3O2/c1-6-11-29-22-12-17(2)19(13-20(22)18(3)14-25(29,4)5)15-27-28-24(30)16-31-23-10-8-7-9-21(23)26/h7-10,12-13,15,18H,6,11,14,16H2,1-5H3,(H,28,30)/b27-15+. The molecule has 1 heterocycles. The zero-order valence-corrected chi connectivity index (χ0v) is 21.2. The monoisotopic (exact) mass is 533 g/mol. The van der Waals surface area contributed by atoms with Gasteiger partial charge in [0, 0.05) is 17.8 Å². The molecule has 0 spiro atoms. The molecule has 31 heavy (non-hydrogen) atoms. The summed E-state index contributed by atoms with van der Waals surface area (Å²) in [7, 11) is 0. The molecule has 0 saturated carbocycles. The first-order chi connectivity index (χ1) is 14.7. The number of hydrogen-bond acceptors (Lipinski definition) is 4. The van der Waals surface area contributed by atoms with Crippen molar-refractivity contribution < 1.29 is 9.53 Å². The number of hydrazone groups is 1. The average molecular weight is 533 g/mol. The summed E-state index contributed by atoms with van der Waals surface area (Å²) < 4.78 is 6.54. The maximum Gasteiger partial charge on any atom is 0.277 e. The van der Waals surface area contributed by atoms with Crippen LogP contribution in [0, 0.1) is 10.5 Å². The predicted octanol–water partition coefficient (Wildman–Crippen LogP) is 5.63. The van der Waals surface area contributed by atoms with E-state index in [1.54, 1.807) is 6.21 Å². The number of carbonyl (C=O) groups excluding carboxylic acids is 1. The highest BCUT2D eigenvalue weighted by Gasteiger charge is 2.36. The van der Waals surface area contributed by atoms with E-state index in [4.69, 9.17) is 4.74 Å². The Kier molecular flexibility index (Phi) is 7.62. The van der Waals surface area contributed by atoms with Gasteiger partial charge in [0.1, 0.15) is 5.75 Å². The number of amides is 1. The molecule has 0 aliphatic carbocycles. The fourth-order valence-electron chi connectivity index (χ4n) is 4.35. The molecule has 0 radical (unpaired) electrons. The molecule has 5 nitrogen and oxygen atoms in total. The molecule has 0 bridgehead atoms. The number of para-hydroxylation sites is 1. The molecular weight excluding hydrogens is 501 g/mol. The third kappa shape index (κ3) is 5.59. The van der Waals surface area contributed by atoms with E-state index in [1.165, 1.54) is 11.3 Å². The molecule has 0 saturated heterocycles. The molecule has 1 amide bonds. The quantitative estimate of drug-likeness (QED) is 0.285.